The Balaban J connectivity index is 2.56. The lowest BCUT2D eigenvalue weighted by Gasteiger charge is -2.20. The average Bonchev–Trinajstić information content (AvgIpc) is 2.43. The quantitative estimate of drug-likeness (QED) is 0.879. The molecule has 0 bridgehead atoms. The van der Waals surface area contributed by atoms with Crippen LogP contribution in [-0.4, -0.2) is 6.54 Å². The van der Waals surface area contributed by atoms with Crippen molar-refractivity contribution < 1.29 is 13.2 Å². The summed E-state index contributed by atoms with van der Waals surface area (Å²) in [7, 11) is 0. The summed E-state index contributed by atoms with van der Waals surface area (Å²) in [5.41, 5.74) is 0.233. The molecule has 0 saturated carbocycles. The molecule has 106 valence electrons. The van der Waals surface area contributed by atoms with Crippen molar-refractivity contribution in [3.8, 4) is 0 Å². The minimum absolute atomic E-state index is 0.0491. The molecule has 0 amide bonds. The minimum Gasteiger partial charge on any atom is -0.306 e. The Kier molecular flexibility index (Phi) is 4.68. The van der Waals surface area contributed by atoms with E-state index < -0.39 is 23.5 Å². The Labute approximate surface area is 120 Å². The van der Waals surface area contributed by atoms with Crippen LogP contribution in [0.15, 0.2) is 36.4 Å². The van der Waals surface area contributed by atoms with Crippen molar-refractivity contribution in [2.75, 3.05) is 6.54 Å². The van der Waals surface area contributed by atoms with E-state index in [9.17, 15) is 13.2 Å². The summed E-state index contributed by atoms with van der Waals surface area (Å²) in [5, 5.41) is 2.89. The normalized spacial score (nSPS) is 12.4. The third kappa shape index (κ3) is 2.97. The fourth-order valence-electron chi connectivity index (χ4n) is 2.07. The van der Waals surface area contributed by atoms with Crippen LogP contribution in [0.25, 0.3) is 0 Å². The molecule has 2 aromatic rings. The Morgan fingerprint density at radius 1 is 1.10 bits per heavy atom. The van der Waals surface area contributed by atoms with Crippen LogP contribution in [0, 0.1) is 17.5 Å². The van der Waals surface area contributed by atoms with Gasteiger partial charge in [0, 0.05) is 11.1 Å². The fraction of sp³-hybridized carbons (Fsp3) is 0.200. The maximum Gasteiger partial charge on any atom is 0.146 e. The molecular formula is C15H13ClF3N. The van der Waals surface area contributed by atoms with Gasteiger partial charge in [-0.25, -0.2) is 13.2 Å². The lowest BCUT2D eigenvalue weighted by molar-refractivity contribution is 0.523. The maximum absolute atomic E-state index is 14.1. The number of halogens is 4. The molecule has 1 nitrogen and oxygen atoms in total. The molecule has 0 heterocycles. The van der Waals surface area contributed by atoms with E-state index in [1.165, 1.54) is 12.1 Å². The first-order valence-electron chi connectivity index (χ1n) is 6.16. The van der Waals surface area contributed by atoms with Gasteiger partial charge in [-0.3, -0.25) is 0 Å². The van der Waals surface area contributed by atoms with Gasteiger partial charge in [0.15, 0.2) is 0 Å². The molecule has 2 rings (SSSR count). The molecule has 0 spiro atoms. The molecule has 2 aromatic carbocycles. The predicted molar refractivity (Wildman–Crippen MR) is 73.3 cm³/mol. The monoisotopic (exact) mass is 299 g/mol. The molecular weight excluding hydrogens is 287 g/mol. The van der Waals surface area contributed by atoms with E-state index in [2.05, 4.69) is 5.32 Å². The summed E-state index contributed by atoms with van der Waals surface area (Å²) in [6.07, 6.45) is 0. The van der Waals surface area contributed by atoms with Crippen molar-refractivity contribution in [2.45, 2.75) is 13.0 Å². The van der Waals surface area contributed by atoms with E-state index in [0.717, 1.165) is 18.2 Å². The summed E-state index contributed by atoms with van der Waals surface area (Å²) in [5.74, 6) is -1.81. The second-order valence-electron chi connectivity index (χ2n) is 4.30. The molecule has 0 fully saturated rings. The summed E-state index contributed by atoms with van der Waals surface area (Å²) >= 11 is 5.75. The highest BCUT2D eigenvalue weighted by Gasteiger charge is 2.22. The summed E-state index contributed by atoms with van der Waals surface area (Å²) in [6, 6.07) is 6.79. The van der Waals surface area contributed by atoms with Crippen molar-refractivity contribution in [1.82, 2.24) is 5.32 Å². The second kappa shape index (κ2) is 6.29. The van der Waals surface area contributed by atoms with Crippen molar-refractivity contribution in [3.63, 3.8) is 0 Å². The number of benzene rings is 2. The summed E-state index contributed by atoms with van der Waals surface area (Å²) in [4.78, 5) is 0. The van der Waals surface area contributed by atoms with Crippen LogP contribution in [0.5, 0.6) is 0 Å². The minimum atomic E-state index is -0.797. The lowest BCUT2D eigenvalue weighted by atomic mass is 9.97. The van der Waals surface area contributed by atoms with E-state index in [1.807, 2.05) is 0 Å². The standard InChI is InChI=1S/C15H13ClF3N/c1-2-20-15(10-4-3-5-12(16)14(10)19)11-8-9(17)6-7-13(11)18/h3-8,15,20H,2H2,1H3. The van der Waals surface area contributed by atoms with Crippen molar-refractivity contribution >= 4 is 11.6 Å². The van der Waals surface area contributed by atoms with Crippen molar-refractivity contribution in [3.05, 3.63) is 70.0 Å². The molecule has 1 unspecified atom stereocenters. The van der Waals surface area contributed by atoms with Gasteiger partial charge in [0.1, 0.15) is 17.5 Å². The first-order chi connectivity index (χ1) is 9.54. The largest absolute Gasteiger partial charge is 0.306 e. The highest BCUT2D eigenvalue weighted by atomic mass is 35.5. The van der Waals surface area contributed by atoms with Crippen LogP contribution >= 0.6 is 11.6 Å². The van der Waals surface area contributed by atoms with Gasteiger partial charge in [0.05, 0.1) is 11.1 Å². The highest BCUT2D eigenvalue weighted by molar-refractivity contribution is 6.30. The van der Waals surface area contributed by atoms with Crippen LogP contribution in [0.3, 0.4) is 0 Å². The number of hydrogen-bond acceptors (Lipinski definition) is 1. The lowest BCUT2D eigenvalue weighted by Crippen LogP contribution is -2.24. The Hall–Kier alpha value is -1.52. The number of hydrogen-bond donors (Lipinski definition) is 1. The van der Waals surface area contributed by atoms with Gasteiger partial charge >= 0.3 is 0 Å². The Morgan fingerprint density at radius 3 is 2.55 bits per heavy atom. The van der Waals surface area contributed by atoms with E-state index >= 15 is 0 Å². The van der Waals surface area contributed by atoms with Crippen molar-refractivity contribution in [2.24, 2.45) is 0 Å². The highest BCUT2D eigenvalue weighted by Crippen LogP contribution is 2.29. The smallest absolute Gasteiger partial charge is 0.146 e. The van der Waals surface area contributed by atoms with Gasteiger partial charge in [-0.2, -0.15) is 0 Å². The summed E-state index contributed by atoms with van der Waals surface area (Å²) < 4.78 is 41.3. The zero-order valence-corrected chi connectivity index (χ0v) is 11.5. The van der Waals surface area contributed by atoms with E-state index in [1.54, 1.807) is 13.0 Å². The van der Waals surface area contributed by atoms with Crippen LogP contribution in [0.1, 0.15) is 24.1 Å². The fourth-order valence-corrected chi connectivity index (χ4v) is 2.25. The molecule has 0 aliphatic carbocycles. The third-order valence-electron chi connectivity index (χ3n) is 2.97. The first-order valence-corrected chi connectivity index (χ1v) is 6.54. The topological polar surface area (TPSA) is 12.0 Å². The molecule has 20 heavy (non-hydrogen) atoms. The van der Waals surface area contributed by atoms with Gasteiger partial charge in [0.25, 0.3) is 0 Å². The molecule has 5 heteroatoms. The van der Waals surface area contributed by atoms with Gasteiger partial charge < -0.3 is 5.32 Å². The van der Waals surface area contributed by atoms with E-state index in [0.29, 0.717) is 6.54 Å². The van der Waals surface area contributed by atoms with Crippen molar-refractivity contribution in [1.29, 1.82) is 0 Å². The molecule has 0 radical (unpaired) electrons. The SMILES string of the molecule is CCNC(c1cc(F)ccc1F)c1cccc(Cl)c1F. The van der Waals surface area contributed by atoms with Crippen LogP contribution in [-0.2, 0) is 0 Å². The first kappa shape index (κ1) is 14.9. The predicted octanol–water partition coefficient (Wildman–Crippen LogP) is 4.46. The van der Waals surface area contributed by atoms with Gasteiger partial charge in [0.2, 0.25) is 0 Å². The van der Waals surface area contributed by atoms with Crippen LogP contribution in [0.4, 0.5) is 13.2 Å². The van der Waals surface area contributed by atoms with Gasteiger partial charge in [-0.1, -0.05) is 30.7 Å². The zero-order valence-electron chi connectivity index (χ0n) is 10.8. The van der Waals surface area contributed by atoms with Gasteiger partial charge in [-0.05, 0) is 30.8 Å². The zero-order chi connectivity index (χ0) is 14.7. The second-order valence-corrected chi connectivity index (χ2v) is 4.71. The number of nitrogens with one attached hydrogen (secondary N) is 1. The molecule has 0 aromatic heterocycles. The molecule has 0 aliphatic heterocycles. The molecule has 0 aliphatic rings. The molecule has 1 N–H and O–H groups in total. The van der Waals surface area contributed by atoms with Gasteiger partial charge in [-0.15, -0.1) is 0 Å². The Morgan fingerprint density at radius 2 is 1.85 bits per heavy atom. The maximum atomic E-state index is 14.1. The van der Waals surface area contributed by atoms with E-state index in [-0.39, 0.29) is 16.1 Å². The van der Waals surface area contributed by atoms with Crippen LogP contribution < -0.4 is 5.32 Å². The average molecular weight is 300 g/mol. The van der Waals surface area contributed by atoms with Crippen LogP contribution in [0.2, 0.25) is 5.02 Å². The number of rotatable bonds is 4. The van der Waals surface area contributed by atoms with E-state index in [4.69, 9.17) is 11.6 Å². The third-order valence-corrected chi connectivity index (χ3v) is 3.26. The molecule has 0 saturated heterocycles. The summed E-state index contributed by atoms with van der Waals surface area (Å²) in [6.45, 7) is 2.26. The Bertz CT molecular complexity index is 614. The molecule has 1 atom stereocenters.